The summed E-state index contributed by atoms with van der Waals surface area (Å²) >= 11 is 0. The van der Waals surface area contributed by atoms with Crippen molar-refractivity contribution in [1.82, 2.24) is 0 Å². The van der Waals surface area contributed by atoms with Crippen molar-refractivity contribution >= 4 is 0 Å². The topological polar surface area (TPSA) is 118 Å². The lowest BCUT2D eigenvalue weighted by Gasteiger charge is -2.39. The summed E-state index contributed by atoms with van der Waals surface area (Å²) in [5.74, 6) is 0.768. The minimum atomic E-state index is -1.44. The Labute approximate surface area is 140 Å². The number of hydrogen-bond acceptors (Lipinski definition) is 8. The van der Waals surface area contributed by atoms with Gasteiger partial charge in [0.2, 0.25) is 0 Å². The van der Waals surface area contributed by atoms with Crippen LogP contribution in [0.3, 0.4) is 0 Å². The van der Waals surface area contributed by atoms with E-state index in [4.69, 9.17) is 24.1 Å². The van der Waals surface area contributed by atoms with Crippen LogP contribution in [0.4, 0.5) is 0 Å². The maximum absolute atomic E-state index is 9.81. The second kappa shape index (κ2) is 9.28. The molecule has 8 nitrogen and oxygen atoms in total. The van der Waals surface area contributed by atoms with Gasteiger partial charge in [0.05, 0.1) is 33.5 Å². The van der Waals surface area contributed by atoms with Gasteiger partial charge in [-0.3, -0.25) is 0 Å². The van der Waals surface area contributed by atoms with Crippen molar-refractivity contribution in [1.29, 1.82) is 0 Å². The van der Waals surface area contributed by atoms with Gasteiger partial charge in [0.1, 0.15) is 30.2 Å². The molecule has 0 amide bonds. The van der Waals surface area contributed by atoms with Crippen molar-refractivity contribution in [2.45, 2.75) is 37.3 Å². The molecule has 24 heavy (non-hydrogen) atoms. The fourth-order valence-electron chi connectivity index (χ4n) is 2.34. The lowest BCUT2D eigenvalue weighted by molar-refractivity contribution is -0.302. The zero-order valence-corrected chi connectivity index (χ0v) is 13.4. The SMILES string of the molecule is COc1ccc(COCCO[C@@H]2O[C@H](CO)[C@H](O)[C@H](O)[C@H]2O)cc1. The molecule has 8 heteroatoms. The van der Waals surface area contributed by atoms with Gasteiger partial charge < -0.3 is 39.4 Å². The van der Waals surface area contributed by atoms with E-state index >= 15 is 0 Å². The van der Waals surface area contributed by atoms with Gasteiger partial charge in [-0.25, -0.2) is 0 Å². The first-order valence-corrected chi connectivity index (χ1v) is 7.69. The third-order valence-corrected chi connectivity index (χ3v) is 3.79. The second-order valence-corrected chi connectivity index (χ2v) is 5.47. The molecule has 0 unspecified atom stereocenters. The Morgan fingerprint density at radius 3 is 2.33 bits per heavy atom. The molecule has 1 aliphatic rings. The summed E-state index contributed by atoms with van der Waals surface area (Å²) < 4.78 is 21.1. The smallest absolute Gasteiger partial charge is 0.186 e. The number of rotatable bonds is 8. The molecule has 0 radical (unpaired) electrons. The van der Waals surface area contributed by atoms with Crippen LogP contribution in [0.15, 0.2) is 24.3 Å². The van der Waals surface area contributed by atoms with Crippen molar-refractivity contribution in [3.63, 3.8) is 0 Å². The van der Waals surface area contributed by atoms with Crippen LogP contribution in [0, 0.1) is 0 Å². The fourth-order valence-corrected chi connectivity index (χ4v) is 2.34. The molecule has 5 atom stereocenters. The molecule has 0 aromatic heterocycles. The summed E-state index contributed by atoms with van der Waals surface area (Å²) in [4.78, 5) is 0. The Bertz CT molecular complexity index is 477. The van der Waals surface area contributed by atoms with E-state index in [1.165, 1.54) is 0 Å². The van der Waals surface area contributed by atoms with Gasteiger partial charge in [0.15, 0.2) is 6.29 Å². The van der Waals surface area contributed by atoms with Crippen LogP contribution in [-0.4, -0.2) is 78.1 Å². The molecule has 0 aliphatic carbocycles. The monoisotopic (exact) mass is 344 g/mol. The quantitative estimate of drug-likeness (QED) is 0.445. The van der Waals surface area contributed by atoms with E-state index in [1.54, 1.807) is 7.11 Å². The van der Waals surface area contributed by atoms with E-state index in [0.29, 0.717) is 6.61 Å². The molecule has 0 bridgehead atoms. The van der Waals surface area contributed by atoms with Crippen LogP contribution in [0.2, 0.25) is 0 Å². The van der Waals surface area contributed by atoms with Crippen molar-refractivity contribution in [2.24, 2.45) is 0 Å². The summed E-state index contributed by atoms with van der Waals surface area (Å²) in [5, 5.41) is 38.2. The fraction of sp³-hybridized carbons (Fsp3) is 0.625. The Balaban J connectivity index is 1.69. The summed E-state index contributed by atoms with van der Waals surface area (Å²) in [5.41, 5.74) is 0.976. The Morgan fingerprint density at radius 2 is 1.71 bits per heavy atom. The number of methoxy groups -OCH3 is 1. The van der Waals surface area contributed by atoms with E-state index in [-0.39, 0.29) is 13.2 Å². The highest BCUT2D eigenvalue weighted by molar-refractivity contribution is 5.26. The molecule has 1 heterocycles. The van der Waals surface area contributed by atoms with Crippen LogP contribution < -0.4 is 4.74 Å². The van der Waals surface area contributed by atoms with Gasteiger partial charge in [0, 0.05) is 0 Å². The third-order valence-electron chi connectivity index (χ3n) is 3.79. The number of benzene rings is 1. The first kappa shape index (κ1) is 19.1. The molecule has 4 N–H and O–H groups in total. The predicted octanol–water partition coefficient (Wildman–Crippen LogP) is -0.972. The Hall–Kier alpha value is -1.26. The minimum absolute atomic E-state index is 0.124. The first-order valence-electron chi connectivity index (χ1n) is 7.69. The van der Waals surface area contributed by atoms with Gasteiger partial charge in [-0.05, 0) is 17.7 Å². The van der Waals surface area contributed by atoms with Crippen LogP contribution in [0.25, 0.3) is 0 Å². The number of aliphatic hydroxyl groups is 4. The van der Waals surface area contributed by atoms with Crippen LogP contribution in [0.1, 0.15) is 5.56 Å². The van der Waals surface area contributed by atoms with Crippen molar-refractivity contribution in [3.05, 3.63) is 29.8 Å². The number of ether oxygens (including phenoxy) is 4. The molecule has 136 valence electrons. The van der Waals surface area contributed by atoms with Crippen LogP contribution in [-0.2, 0) is 20.8 Å². The maximum Gasteiger partial charge on any atom is 0.186 e. The Kier molecular flexibility index (Phi) is 7.38. The van der Waals surface area contributed by atoms with Crippen molar-refractivity contribution in [3.8, 4) is 5.75 Å². The maximum atomic E-state index is 9.81. The molecule has 1 saturated heterocycles. The predicted molar refractivity (Wildman–Crippen MR) is 82.4 cm³/mol. The molecule has 1 aromatic carbocycles. The van der Waals surface area contributed by atoms with Gasteiger partial charge in [0.25, 0.3) is 0 Å². The van der Waals surface area contributed by atoms with E-state index in [1.807, 2.05) is 24.3 Å². The van der Waals surface area contributed by atoms with Crippen LogP contribution >= 0.6 is 0 Å². The average molecular weight is 344 g/mol. The number of aliphatic hydroxyl groups excluding tert-OH is 4. The largest absolute Gasteiger partial charge is 0.497 e. The van der Waals surface area contributed by atoms with E-state index < -0.39 is 37.3 Å². The summed E-state index contributed by atoms with van der Waals surface area (Å²) in [6.07, 6.45) is -6.35. The zero-order valence-electron chi connectivity index (χ0n) is 13.4. The van der Waals surface area contributed by atoms with Crippen molar-refractivity contribution < 1.29 is 39.4 Å². The lowest BCUT2D eigenvalue weighted by atomic mass is 9.99. The van der Waals surface area contributed by atoms with E-state index in [0.717, 1.165) is 11.3 Å². The third kappa shape index (κ3) is 4.87. The second-order valence-electron chi connectivity index (χ2n) is 5.47. The van der Waals surface area contributed by atoms with Gasteiger partial charge in [-0.15, -0.1) is 0 Å². The van der Waals surface area contributed by atoms with E-state index in [2.05, 4.69) is 0 Å². The van der Waals surface area contributed by atoms with Gasteiger partial charge in [-0.1, -0.05) is 12.1 Å². The molecule has 1 fully saturated rings. The zero-order chi connectivity index (χ0) is 17.5. The normalized spacial score (nSPS) is 30.3. The summed E-state index contributed by atoms with van der Waals surface area (Å²) in [6.45, 7) is 0.278. The standard InChI is InChI=1S/C16H24O8/c1-21-11-4-2-10(3-5-11)9-22-6-7-23-16-15(20)14(19)13(18)12(8-17)24-16/h2-5,12-20H,6-9H2,1H3/t12-,13+,14+,15-,16-/m1/s1. The van der Waals surface area contributed by atoms with Crippen molar-refractivity contribution in [2.75, 3.05) is 26.9 Å². The summed E-state index contributed by atoms with van der Waals surface area (Å²) in [6, 6.07) is 7.45. The molecular weight excluding hydrogens is 320 g/mol. The lowest BCUT2D eigenvalue weighted by Crippen LogP contribution is -2.59. The molecule has 0 spiro atoms. The molecular formula is C16H24O8. The highest BCUT2D eigenvalue weighted by atomic mass is 16.7. The highest BCUT2D eigenvalue weighted by Crippen LogP contribution is 2.21. The molecule has 0 saturated carbocycles. The Morgan fingerprint density at radius 1 is 1.00 bits per heavy atom. The minimum Gasteiger partial charge on any atom is -0.497 e. The highest BCUT2D eigenvalue weighted by Gasteiger charge is 2.43. The first-order chi connectivity index (χ1) is 11.6. The number of hydrogen-bond donors (Lipinski definition) is 4. The van der Waals surface area contributed by atoms with Gasteiger partial charge >= 0.3 is 0 Å². The molecule has 1 aromatic rings. The molecule has 1 aliphatic heterocycles. The summed E-state index contributed by atoms with van der Waals surface area (Å²) in [7, 11) is 1.60. The van der Waals surface area contributed by atoms with E-state index in [9.17, 15) is 15.3 Å². The average Bonchev–Trinajstić information content (AvgIpc) is 2.61. The van der Waals surface area contributed by atoms with Gasteiger partial charge in [-0.2, -0.15) is 0 Å². The molecule has 2 rings (SSSR count). The van der Waals surface area contributed by atoms with Crippen LogP contribution in [0.5, 0.6) is 5.75 Å².